The Bertz CT molecular complexity index is 821. The van der Waals surface area contributed by atoms with Crippen molar-refractivity contribution < 1.29 is 14.7 Å². The van der Waals surface area contributed by atoms with Gasteiger partial charge in [-0.2, -0.15) is 0 Å². The van der Waals surface area contributed by atoms with Crippen molar-refractivity contribution in [2.24, 2.45) is 0 Å². The standard InChI is InChI=1S/C18H20ClN3O3/c1-9(2)16-20-8-13(19)15(21-16)17(23)22-14(18(24)25)12-6-5-10(3)11(4)7-12/h5-9,14H,1-4H3,(H,22,23)(H,24,25). The molecule has 2 rings (SSSR count). The lowest BCUT2D eigenvalue weighted by molar-refractivity contribution is -0.139. The SMILES string of the molecule is Cc1ccc(C(NC(=O)c2nc(C(C)C)ncc2Cl)C(=O)O)cc1C. The number of rotatable bonds is 5. The first-order valence-corrected chi connectivity index (χ1v) is 8.21. The molecule has 0 saturated heterocycles. The predicted molar refractivity (Wildman–Crippen MR) is 94.9 cm³/mol. The average molecular weight is 362 g/mol. The zero-order valence-corrected chi connectivity index (χ0v) is 15.3. The minimum absolute atomic E-state index is 0.0128. The van der Waals surface area contributed by atoms with Gasteiger partial charge >= 0.3 is 5.97 Å². The highest BCUT2D eigenvalue weighted by molar-refractivity contribution is 6.33. The number of halogens is 1. The van der Waals surface area contributed by atoms with Crippen molar-refractivity contribution in [2.75, 3.05) is 0 Å². The molecule has 0 radical (unpaired) electrons. The van der Waals surface area contributed by atoms with Crippen LogP contribution in [0.4, 0.5) is 0 Å². The molecule has 0 aliphatic carbocycles. The average Bonchev–Trinajstić information content (AvgIpc) is 2.55. The van der Waals surface area contributed by atoms with Crippen molar-refractivity contribution in [3.63, 3.8) is 0 Å². The predicted octanol–water partition coefficient (Wildman–Crippen LogP) is 3.43. The number of aryl methyl sites for hydroxylation is 2. The van der Waals surface area contributed by atoms with Crippen molar-refractivity contribution in [1.29, 1.82) is 0 Å². The van der Waals surface area contributed by atoms with Crippen molar-refractivity contribution in [3.8, 4) is 0 Å². The molecule has 7 heteroatoms. The lowest BCUT2D eigenvalue weighted by atomic mass is 10.0. The first-order valence-electron chi connectivity index (χ1n) is 7.84. The number of nitrogens with zero attached hydrogens (tertiary/aromatic N) is 2. The Morgan fingerprint density at radius 2 is 1.88 bits per heavy atom. The molecule has 132 valence electrons. The van der Waals surface area contributed by atoms with Crippen molar-refractivity contribution in [2.45, 2.75) is 39.7 Å². The van der Waals surface area contributed by atoms with Crippen LogP contribution in [0, 0.1) is 13.8 Å². The maximum Gasteiger partial charge on any atom is 0.330 e. The molecular formula is C18H20ClN3O3. The van der Waals surface area contributed by atoms with E-state index in [-0.39, 0.29) is 16.6 Å². The number of amides is 1. The molecule has 1 aromatic heterocycles. The highest BCUT2D eigenvalue weighted by Gasteiger charge is 2.25. The van der Waals surface area contributed by atoms with Crippen LogP contribution in [0.3, 0.4) is 0 Å². The number of carboxylic acids is 1. The molecule has 1 unspecified atom stereocenters. The van der Waals surface area contributed by atoms with Crippen LogP contribution in [0.25, 0.3) is 0 Å². The van der Waals surface area contributed by atoms with Crippen LogP contribution in [0.2, 0.25) is 5.02 Å². The normalized spacial score (nSPS) is 12.1. The fourth-order valence-electron chi connectivity index (χ4n) is 2.25. The van der Waals surface area contributed by atoms with Gasteiger partial charge in [-0.1, -0.05) is 43.6 Å². The highest BCUT2D eigenvalue weighted by Crippen LogP contribution is 2.20. The number of carbonyl (C=O) groups is 2. The molecule has 0 aliphatic heterocycles. The van der Waals surface area contributed by atoms with E-state index >= 15 is 0 Å². The van der Waals surface area contributed by atoms with E-state index in [4.69, 9.17) is 11.6 Å². The third-order valence-electron chi connectivity index (χ3n) is 3.88. The van der Waals surface area contributed by atoms with Gasteiger partial charge in [0.05, 0.1) is 11.2 Å². The summed E-state index contributed by atoms with van der Waals surface area (Å²) in [4.78, 5) is 32.4. The van der Waals surface area contributed by atoms with E-state index < -0.39 is 17.9 Å². The minimum atomic E-state index is -1.19. The second-order valence-corrected chi connectivity index (χ2v) is 6.58. The number of aromatic nitrogens is 2. The van der Waals surface area contributed by atoms with Gasteiger partial charge in [0.15, 0.2) is 6.04 Å². The van der Waals surface area contributed by atoms with Gasteiger partial charge in [0.2, 0.25) is 0 Å². The number of aliphatic carboxylic acids is 1. The first kappa shape index (κ1) is 18.9. The number of carbonyl (C=O) groups excluding carboxylic acids is 1. The van der Waals surface area contributed by atoms with E-state index in [1.807, 2.05) is 33.8 Å². The third-order valence-corrected chi connectivity index (χ3v) is 4.16. The Morgan fingerprint density at radius 3 is 2.44 bits per heavy atom. The lowest BCUT2D eigenvalue weighted by Crippen LogP contribution is -2.34. The van der Waals surface area contributed by atoms with Gasteiger partial charge in [-0.3, -0.25) is 4.79 Å². The fourth-order valence-corrected chi connectivity index (χ4v) is 2.43. The highest BCUT2D eigenvalue weighted by atomic mass is 35.5. The molecule has 6 nitrogen and oxygen atoms in total. The van der Waals surface area contributed by atoms with Crippen molar-refractivity contribution in [3.05, 3.63) is 57.6 Å². The summed E-state index contributed by atoms with van der Waals surface area (Å²) in [6, 6.07) is 4.06. The number of hydrogen-bond acceptors (Lipinski definition) is 4. The number of nitrogens with one attached hydrogen (secondary N) is 1. The number of benzene rings is 1. The van der Waals surface area contributed by atoms with Crippen LogP contribution in [0.1, 0.15) is 58.8 Å². The van der Waals surface area contributed by atoms with Gasteiger partial charge in [-0.15, -0.1) is 0 Å². The Hall–Kier alpha value is -2.47. The van der Waals surface area contributed by atoms with E-state index in [9.17, 15) is 14.7 Å². The smallest absolute Gasteiger partial charge is 0.330 e. The van der Waals surface area contributed by atoms with E-state index in [1.54, 1.807) is 12.1 Å². The van der Waals surface area contributed by atoms with Gasteiger partial charge in [0.1, 0.15) is 11.5 Å². The number of hydrogen-bond donors (Lipinski definition) is 2. The first-order chi connectivity index (χ1) is 11.7. The maximum absolute atomic E-state index is 12.5. The van der Waals surface area contributed by atoms with Gasteiger partial charge in [-0.25, -0.2) is 14.8 Å². The van der Waals surface area contributed by atoms with E-state index in [1.165, 1.54) is 6.20 Å². The summed E-state index contributed by atoms with van der Waals surface area (Å²) in [5.41, 5.74) is 2.44. The molecule has 1 aromatic carbocycles. The lowest BCUT2D eigenvalue weighted by Gasteiger charge is -2.16. The molecule has 2 aromatic rings. The van der Waals surface area contributed by atoms with Crippen LogP contribution in [0.5, 0.6) is 0 Å². The van der Waals surface area contributed by atoms with Crippen LogP contribution in [-0.4, -0.2) is 27.0 Å². The van der Waals surface area contributed by atoms with Crippen molar-refractivity contribution >= 4 is 23.5 Å². The molecule has 0 bridgehead atoms. The fraction of sp³-hybridized carbons (Fsp3) is 0.333. The van der Waals surface area contributed by atoms with Gasteiger partial charge in [0, 0.05) is 5.92 Å². The maximum atomic E-state index is 12.5. The molecule has 0 saturated carbocycles. The molecular weight excluding hydrogens is 342 g/mol. The van der Waals surface area contributed by atoms with Crippen LogP contribution in [-0.2, 0) is 4.79 Å². The topological polar surface area (TPSA) is 92.2 Å². The van der Waals surface area contributed by atoms with E-state index in [0.717, 1.165) is 11.1 Å². The number of carboxylic acid groups (broad SMARTS) is 1. The van der Waals surface area contributed by atoms with Crippen LogP contribution in [0.15, 0.2) is 24.4 Å². The summed E-state index contributed by atoms with van der Waals surface area (Å²) in [6.45, 7) is 7.59. The molecule has 1 amide bonds. The summed E-state index contributed by atoms with van der Waals surface area (Å²) in [7, 11) is 0. The molecule has 25 heavy (non-hydrogen) atoms. The Kier molecular flexibility index (Phi) is 5.74. The second kappa shape index (κ2) is 7.61. The summed E-state index contributed by atoms with van der Waals surface area (Å²) < 4.78 is 0. The zero-order valence-electron chi connectivity index (χ0n) is 14.5. The summed E-state index contributed by atoms with van der Waals surface area (Å²) in [5, 5.41) is 12.1. The molecule has 0 aliphatic rings. The van der Waals surface area contributed by atoms with Gasteiger partial charge < -0.3 is 10.4 Å². The van der Waals surface area contributed by atoms with E-state index in [2.05, 4.69) is 15.3 Å². The van der Waals surface area contributed by atoms with Crippen LogP contribution < -0.4 is 5.32 Å². The molecule has 1 heterocycles. The minimum Gasteiger partial charge on any atom is -0.479 e. The molecule has 2 N–H and O–H groups in total. The Labute approximate surface area is 151 Å². The zero-order chi connectivity index (χ0) is 18.7. The molecule has 0 fully saturated rings. The van der Waals surface area contributed by atoms with E-state index in [0.29, 0.717) is 11.4 Å². The molecule has 0 spiro atoms. The summed E-state index contributed by atoms with van der Waals surface area (Å²) in [5.74, 6) is -1.34. The van der Waals surface area contributed by atoms with Gasteiger partial charge in [0.25, 0.3) is 5.91 Å². The largest absolute Gasteiger partial charge is 0.479 e. The Morgan fingerprint density at radius 1 is 1.20 bits per heavy atom. The van der Waals surface area contributed by atoms with Gasteiger partial charge in [-0.05, 0) is 30.5 Å². The summed E-state index contributed by atoms with van der Waals surface area (Å²) in [6.07, 6.45) is 1.35. The second-order valence-electron chi connectivity index (χ2n) is 6.17. The monoisotopic (exact) mass is 361 g/mol. The molecule has 1 atom stereocenters. The quantitative estimate of drug-likeness (QED) is 0.851. The van der Waals surface area contributed by atoms with Crippen LogP contribution >= 0.6 is 11.6 Å². The Balaban J connectivity index is 2.34. The van der Waals surface area contributed by atoms with Crippen molar-refractivity contribution in [1.82, 2.24) is 15.3 Å². The summed E-state index contributed by atoms with van der Waals surface area (Å²) >= 11 is 6.02. The third kappa shape index (κ3) is 4.33.